The number of aliphatic hydroxyl groups is 1. The molecule has 1 unspecified atom stereocenters. The first-order valence-electron chi connectivity index (χ1n) is 5.53. The summed E-state index contributed by atoms with van der Waals surface area (Å²) in [6, 6.07) is 6.83. The molecule has 0 heterocycles. The van der Waals surface area contributed by atoms with E-state index < -0.39 is 17.0 Å². The third kappa shape index (κ3) is 1.80. The summed E-state index contributed by atoms with van der Waals surface area (Å²) in [6.45, 7) is 2.65. The van der Waals surface area contributed by atoms with Crippen LogP contribution in [-0.4, -0.2) is 16.7 Å². The fourth-order valence-electron chi connectivity index (χ4n) is 2.19. The molecule has 1 aliphatic rings. The normalized spacial score (nSPS) is 21.9. The molecule has 5 heteroatoms. The lowest BCUT2D eigenvalue weighted by molar-refractivity contribution is -0.122. The van der Waals surface area contributed by atoms with Crippen LogP contribution in [0.2, 0.25) is 0 Å². The van der Waals surface area contributed by atoms with Gasteiger partial charge in [-0.05, 0) is 37.6 Å². The fraction of sp³-hybridized carbons (Fsp3) is 0.214. The van der Waals surface area contributed by atoms with Gasteiger partial charge in [-0.3, -0.25) is 9.59 Å². The van der Waals surface area contributed by atoms with Gasteiger partial charge in [0.2, 0.25) is 0 Å². The molecule has 1 atom stereocenters. The monoisotopic (exact) mass is 319 g/mol. The van der Waals surface area contributed by atoms with Crippen molar-refractivity contribution in [2.75, 3.05) is 0 Å². The van der Waals surface area contributed by atoms with Crippen LogP contribution in [0.3, 0.4) is 0 Å². The number of benzene rings is 1. The van der Waals surface area contributed by atoms with Gasteiger partial charge in [0.05, 0.1) is 6.07 Å². The number of allylic oxidation sites excluding steroid dienone is 1. The van der Waals surface area contributed by atoms with E-state index in [0.717, 1.165) is 0 Å². The Morgan fingerprint density at radius 2 is 2.11 bits per heavy atom. The summed E-state index contributed by atoms with van der Waals surface area (Å²) in [5.74, 6) is -1.56. The Morgan fingerprint density at radius 1 is 1.47 bits per heavy atom. The van der Waals surface area contributed by atoms with Gasteiger partial charge in [0.1, 0.15) is 16.7 Å². The van der Waals surface area contributed by atoms with Crippen molar-refractivity contribution in [3.05, 3.63) is 39.4 Å². The molecule has 0 amide bonds. The Morgan fingerprint density at radius 3 is 2.63 bits per heavy atom. The first kappa shape index (κ1) is 13.5. The molecule has 96 valence electrons. The molecule has 1 aromatic carbocycles. The lowest BCUT2D eigenvalue weighted by atomic mass is 9.70. The molecule has 2 rings (SSSR count). The summed E-state index contributed by atoms with van der Waals surface area (Å²) in [5, 5.41) is 19.4. The number of aliphatic hydroxyl groups excluding tert-OH is 1. The summed E-state index contributed by atoms with van der Waals surface area (Å²) in [6.07, 6.45) is 0. The van der Waals surface area contributed by atoms with Crippen LogP contribution in [0.1, 0.15) is 25.0 Å². The number of nitriles is 1. The molecule has 0 aliphatic heterocycles. The van der Waals surface area contributed by atoms with Gasteiger partial charge < -0.3 is 5.11 Å². The Hall–Kier alpha value is -1.93. The molecule has 4 nitrogen and oxygen atoms in total. The number of nitrogens with zero attached hydrogens (tertiary/aromatic N) is 1. The van der Waals surface area contributed by atoms with E-state index in [1.165, 1.54) is 13.8 Å². The second kappa shape index (κ2) is 4.32. The molecule has 0 bridgehead atoms. The number of carbonyl (C=O) groups excluding carboxylic acids is 2. The maximum absolute atomic E-state index is 12.3. The smallest absolute Gasteiger partial charge is 0.194 e. The minimum atomic E-state index is -1.47. The van der Waals surface area contributed by atoms with Gasteiger partial charge in [0, 0.05) is 10.0 Å². The highest BCUT2D eigenvalue weighted by Crippen LogP contribution is 2.40. The summed E-state index contributed by atoms with van der Waals surface area (Å²) < 4.78 is 0.694. The zero-order valence-electron chi connectivity index (χ0n) is 10.3. The highest BCUT2D eigenvalue weighted by Gasteiger charge is 2.46. The summed E-state index contributed by atoms with van der Waals surface area (Å²) >= 11 is 3.27. The molecule has 0 fully saturated rings. The van der Waals surface area contributed by atoms with Crippen molar-refractivity contribution in [1.29, 1.82) is 5.26 Å². The van der Waals surface area contributed by atoms with Gasteiger partial charge in [-0.15, -0.1) is 0 Å². The zero-order valence-corrected chi connectivity index (χ0v) is 11.9. The number of carbonyl (C=O) groups is 2. The molecular formula is C14H10BrNO3. The van der Waals surface area contributed by atoms with Crippen molar-refractivity contribution < 1.29 is 14.7 Å². The molecule has 1 aromatic rings. The summed E-state index contributed by atoms with van der Waals surface area (Å²) in [5.41, 5.74) is -1.03. The van der Waals surface area contributed by atoms with E-state index in [1.807, 2.05) is 6.07 Å². The predicted molar refractivity (Wildman–Crippen MR) is 72.3 cm³/mol. The Balaban J connectivity index is 2.90. The largest absolute Gasteiger partial charge is 0.506 e. The number of Topliss-reactive ketones (excluding diaryl/α,β-unsaturated/α-hetero) is 2. The van der Waals surface area contributed by atoms with Gasteiger partial charge in [-0.2, -0.15) is 5.26 Å². The Labute approximate surface area is 118 Å². The van der Waals surface area contributed by atoms with Crippen molar-refractivity contribution in [1.82, 2.24) is 0 Å². The second-order valence-corrected chi connectivity index (χ2v) is 5.45. The molecule has 0 spiro atoms. The average Bonchev–Trinajstić information content (AvgIpc) is 2.35. The zero-order chi connectivity index (χ0) is 14.4. The highest BCUT2D eigenvalue weighted by molar-refractivity contribution is 9.10. The van der Waals surface area contributed by atoms with E-state index >= 15 is 0 Å². The van der Waals surface area contributed by atoms with E-state index in [2.05, 4.69) is 15.9 Å². The second-order valence-electron chi connectivity index (χ2n) is 4.54. The molecule has 0 saturated carbocycles. The first-order valence-corrected chi connectivity index (χ1v) is 6.33. The van der Waals surface area contributed by atoms with Crippen molar-refractivity contribution in [3.63, 3.8) is 0 Å². The lowest BCUT2D eigenvalue weighted by Gasteiger charge is -2.29. The minimum absolute atomic E-state index is 0.307. The highest BCUT2D eigenvalue weighted by atomic mass is 79.9. The average molecular weight is 320 g/mol. The molecule has 1 N–H and O–H groups in total. The first-order chi connectivity index (χ1) is 8.82. The SMILES string of the molecule is CC(=O)C1=C(O)c2ccc(Br)cc2C(C)(C#N)C1=O. The van der Waals surface area contributed by atoms with Crippen LogP contribution in [-0.2, 0) is 15.0 Å². The maximum atomic E-state index is 12.3. The van der Waals surface area contributed by atoms with Crippen molar-refractivity contribution >= 4 is 33.3 Å². The maximum Gasteiger partial charge on any atom is 0.194 e. The van der Waals surface area contributed by atoms with Gasteiger partial charge >= 0.3 is 0 Å². The molecular weight excluding hydrogens is 310 g/mol. The Bertz CT molecular complexity index is 684. The molecule has 0 saturated heterocycles. The van der Waals surface area contributed by atoms with E-state index in [-0.39, 0.29) is 11.3 Å². The van der Waals surface area contributed by atoms with E-state index in [9.17, 15) is 20.0 Å². The van der Waals surface area contributed by atoms with E-state index in [1.54, 1.807) is 18.2 Å². The summed E-state index contributed by atoms with van der Waals surface area (Å²) in [7, 11) is 0. The van der Waals surface area contributed by atoms with Crippen LogP contribution in [0.15, 0.2) is 28.2 Å². The topological polar surface area (TPSA) is 78.2 Å². The lowest BCUT2D eigenvalue weighted by Crippen LogP contribution is -2.38. The van der Waals surface area contributed by atoms with Gasteiger partial charge in [-0.25, -0.2) is 0 Å². The minimum Gasteiger partial charge on any atom is -0.506 e. The summed E-state index contributed by atoms with van der Waals surface area (Å²) in [4.78, 5) is 23.9. The number of halogens is 1. The quantitative estimate of drug-likeness (QED) is 0.807. The number of ketones is 2. The Kier molecular flexibility index (Phi) is 3.07. The van der Waals surface area contributed by atoms with Gasteiger partial charge in [0.15, 0.2) is 11.6 Å². The van der Waals surface area contributed by atoms with Gasteiger partial charge in [-0.1, -0.05) is 15.9 Å². The number of hydrogen-bond donors (Lipinski definition) is 1. The van der Waals surface area contributed by atoms with Gasteiger partial charge in [0.25, 0.3) is 0 Å². The van der Waals surface area contributed by atoms with Crippen LogP contribution in [0.25, 0.3) is 5.76 Å². The van der Waals surface area contributed by atoms with Crippen LogP contribution < -0.4 is 0 Å². The van der Waals surface area contributed by atoms with Crippen LogP contribution in [0.5, 0.6) is 0 Å². The predicted octanol–water partition coefficient (Wildman–Crippen LogP) is 2.67. The van der Waals surface area contributed by atoms with Crippen LogP contribution in [0.4, 0.5) is 0 Å². The molecule has 1 aliphatic carbocycles. The molecule has 0 radical (unpaired) electrons. The van der Waals surface area contributed by atoms with Crippen molar-refractivity contribution in [3.8, 4) is 6.07 Å². The third-order valence-corrected chi connectivity index (χ3v) is 3.76. The third-order valence-electron chi connectivity index (χ3n) is 3.27. The standard InChI is InChI=1S/C14H10BrNO3/c1-7(17)11-12(18)9-4-3-8(15)5-10(9)14(2,6-16)13(11)19/h3-5,18H,1-2H3. The van der Waals surface area contributed by atoms with Crippen LogP contribution >= 0.6 is 15.9 Å². The number of fused-ring (bicyclic) bond motifs is 1. The van der Waals surface area contributed by atoms with Crippen molar-refractivity contribution in [2.45, 2.75) is 19.3 Å². The number of rotatable bonds is 1. The van der Waals surface area contributed by atoms with E-state index in [0.29, 0.717) is 15.6 Å². The van der Waals surface area contributed by atoms with E-state index in [4.69, 9.17) is 0 Å². The molecule has 0 aromatic heterocycles. The molecule has 19 heavy (non-hydrogen) atoms. The van der Waals surface area contributed by atoms with Crippen molar-refractivity contribution in [2.24, 2.45) is 0 Å². The fourth-order valence-corrected chi connectivity index (χ4v) is 2.55. The van der Waals surface area contributed by atoms with Crippen LogP contribution in [0, 0.1) is 11.3 Å². The number of hydrogen-bond acceptors (Lipinski definition) is 4.